The van der Waals surface area contributed by atoms with E-state index in [2.05, 4.69) is 0 Å². The second kappa shape index (κ2) is 5.55. The van der Waals surface area contributed by atoms with E-state index in [4.69, 9.17) is 22.1 Å². The van der Waals surface area contributed by atoms with E-state index in [1.54, 1.807) is 25.1 Å². The first kappa shape index (κ1) is 13.8. The SMILES string of the molecule is Cc1cc(Oc2c(F)cc(CN)cc2F)ccc1Cl. The third-order valence-corrected chi connectivity index (χ3v) is 3.07. The minimum atomic E-state index is -0.784. The number of nitrogens with two attached hydrogens (primary N) is 1. The van der Waals surface area contributed by atoms with Crippen molar-refractivity contribution < 1.29 is 13.5 Å². The Kier molecular flexibility index (Phi) is 4.02. The van der Waals surface area contributed by atoms with Gasteiger partial charge in [-0.15, -0.1) is 0 Å². The van der Waals surface area contributed by atoms with Crippen molar-refractivity contribution >= 4 is 11.6 Å². The summed E-state index contributed by atoms with van der Waals surface area (Å²) in [6.45, 7) is 1.84. The predicted octanol–water partition coefficient (Wildman–Crippen LogP) is 4.18. The molecule has 2 N–H and O–H groups in total. The van der Waals surface area contributed by atoms with Crippen LogP contribution in [0.5, 0.6) is 11.5 Å². The van der Waals surface area contributed by atoms with Gasteiger partial charge in [-0.1, -0.05) is 11.6 Å². The average Bonchev–Trinajstić information content (AvgIpc) is 2.37. The lowest BCUT2D eigenvalue weighted by Gasteiger charge is -2.10. The van der Waals surface area contributed by atoms with Crippen molar-refractivity contribution in [1.82, 2.24) is 0 Å². The zero-order chi connectivity index (χ0) is 14.0. The van der Waals surface area contributed by atoms with Crippen LogP contribution in [0.15, 0.2) is 30.3 Å². The molecule has 0 unspecified atom stereocenters. The van der Waals surface area contributed by atoms with Gasteiger partial charge in [-0.05, 0) is 48.4 Å². The summed E-state index contributed by atoms with van der Waals surface area (Å²) in [6, 6.07) is 7.07. The molecule has 100 valence electrons. The number of hydrogen-bond donors (Lipinski definition) is 1. The van der Waals surface area contributed by atoms with E-state index in [-0.39, 0.29) is 6.54 Å². The van der Waals surface area contributed by atoms with Gasteiger partial charge in [0.15, 0.2) is 17.4 Å². The van der Waals surface area contributed by atoms with Crippen molar-refractivity contribution in [2.45, 2.75) is 13.5 Å². The van der Waals surface area contributed by atoms with E-state index < -0.39 is 17.4 Å². The van der Waals surface area contributed by atoms with Gasteiger partial charge in [0, 0.05) is 11.6 Å². The van der Waals surface area contributed by atoms with E-state index in [0.29, 0.717) is 16.3 Å². The van der Waals surface area contributed by atoms with Crippen LogP contribution in [0.1, 0.15) is 11.1 Å². The molecule has 0 aromatic heterocycles. The van der Waals surface area contributed by atoms with E-state index in [9.17, 15) is 8.78 Å². The quantitative estimate of drug-likeness (QED) is 0.917. The van der Waals surface area contributed by atoms with E-state index in [1.165, 1.54) is 0 Å². The van der Waals surface area contributed by atoms with Gasteiger partial charge in [-0.25, -0.2) is 8.78 Å². The molecule has 0 radical (unpaired) electrons. The molecule has 2 aromatic carbocycles. The largest absolute Gasteiger partial charge is 0.451 e. The standard InChI is InChI=1S/C14H12ClF2NO/c1-8-4-10(2-3-11(8)15)19-14-12(16)5-9(7-18)6-13(14)17/h2-6H,7,18H2,1H3. The van der Waals surface area contributed by atoms with Crippen LogP contribution in [0.4, 0.5) is 8.78 Å². The van der Waals surface area contributed by atoms with Gasteiger partial charge in [0.2, 0.25) is 0 Å². The summed E-state index contributed by atoms with van der Waals surface area (Å²) in [7, 11) is 0. The second-order valence-corrected chi connectivity index (χ2v) is 4.51. The molecule has 19 heavy (non-hydrogen) atoms. The molecule has 0 fully saturated rings. The Morgan fingerprint density at radius 3 is 2.32 bits per heavy atom. The van der Waals surface area contributed by atoms with Crippen molar-refractivity contribution in [3.05, 3.63) is 58.1 Å². The predicted molar refractivity (Wildman–Crippen MR) is 70.5 cm³/mol. The van der Waals surface area contributed by atoms with Crippen LogP contribution in [-0.2, 0) is 6.54 Å². The fourth-order valence-corrected chi connectivity index (χ4v) is 1.74. The minimum absolute atomic E-state index is 0.0637. The molecule has 2 nitrogen and oxygen atoms in total. The molecular formula is C14H12ClF2NO. The maximum absolute atomic E-state index is 13.7. The lowest BCUT2D eigenvalue weighted by Crippen LogP contribution is -2.00. The molecule has 0 atom stereocenters. The fourth-order valence-electron chi connectivity index (χ4n) is 1.63. The number of hydrogen-bond acceptors (Lipinski definition) is 2. The second-order valence-electron chi connectivity index (χ2n) is 4.11. The molecule has 0 amide bonds. The fraction of sp³-hybridized carbons (Fsp3) is 0.143. The molecule has 0 bridgehead atoms. The third-order valence-electron chi connectivity index (χ3n) is 2.64. The van der Waals surface area contributed by atoms with Crippen LogP contribution in [-0.4, -0.2) is 0 Å². The van der Waals surface area contributed by atoms with Crippen LogP contribution >= 0.6 is 11.6 Å². The summed E-state index contributed by atoms with van der Waals surface area (Å²) in [5.41, 5.74) is 6.47. The van der Waals surface area contributed by atoms with E-state index in [1.807, 2.05) is 0 Å². The zero-order valence-corrected chi connectivity index (χ0v) is 11.0. The highest BCUT2D eigenvalue weighted by molar-refractivity contribution is 6.31. The lowest BCUT2D eigenvalue weighted by molar-refractivity contribution is 0.406. The van der Waals surface area contributed by atoms with Gasteiger partial charge in [0.25, 0.3) is 0 Å². The molecule has 2 aromatic rings. The molecule has 2 rings (SSSR count). The summed E-state index contributed by atoms with van der Waals surface area (Å²) < 4.78 is 32.7. The van der Waals surface area contributed by atoms with Crippen LogP contribution in [0, 0.1) is 18.6 Å². The van der Waals surface area contributed by atoms with Gasteiger partial charge in [-0.2, -0.15) is 0 Å². The first-order chi connectivity index (χ1) is 9.01. The van der Waals surface area contributed by atoms with Gasteiger partial charge in [0.05, 0.1) is 0 Å². The Morgan fingerprint density at radius 1 is 1.16 bits per heavy atom. The molecular weight excluding hydrogens is 272 g/mol. The highest BCUT2D eigenvalue weighted by Crippen LogP contribution is 2.30. The van der Waals surface area contributed by atoms with Crippen molar-refractivity contribution in [1.29, 1.82) is 0 Å². The third kappa shape index (κ3) is 3.03. The average molecular weight is 284 g/mol. The van der Waals surface area contributed by atoms with Crippen LogP contribution < -0.4 is 10.5 Å². The minimum Gasteiger partial charge on any atom is -0.451 e. The van der Waals surface area contributed by atoms with Gasteiger partial charge < -0.3 is 10.5 Å². The van der Waals surface area contributed by atoms with Crippen molar-refractivity contribution in [3.8, 4) is 11.5 Å². The number of aryl methyl sites for hydroxylation is 1. The highest BCUT2D eigenvalue weighted by atomic mass is 35.5. The highest BCUT2D eigenvalue weighted by Gasteiger charge is 2.13. The maximum atomic E-state index is 13.7. The van der Waals surface area contributed by atoms with Gasteiger partial charge >= 0.3 is 0 Å². The summed E-state index contributed by atoms with van der Waals surface area (Å²) in [4.78, 5) is 0. The Hall–Kier alpha value is -1.65. The Bertz CT molecular complexity index is 593. The molecule has 0 saturated carbocycles. The van der Waals surface area contributed by atoms with Crippen LogP contribution in [0.25, 0.3) is 0 Å². The first-order valence-corrected chi connectivity index (χ1v) is 6.01. The number of ether oxygens (including phenoxy) is 1. The Morgan fingerprint density at radius 2 is 1.79 bits per heavy atom. The molecule has 0 spiro atoms. The number of halogens is 3. The smallest absolute Gasteiger partial charge is 0.198 e. The maximum Gasteiger partial charge on any atom is 0.198 e. The van der Waals surface area contributed by atoms with Crippen molar-refractivity contribution in [3.63, 3.8) is 0 Å². The molecule has 0 heterocycles. The summed E-state index contributed by atoms with van der Waals surface area (Å²) in [6.07, 6.45) is 0. The van der Waals surface area contributed by atoms with Gasteiger partial charge in [-0.3, -0.25) is 0 Å². The number of rotatable bonds is 3. The number of benzene rings is 2. The normalized spacial score (nSPS) is 10.6. The topological polar surface area (TPSA) is 35.2 Å². The van der Waals surface area contributed by atoms with Crippen LogP contribution in [0.3, 0.4) is 0 Å². The van der Waals surface area contributed by atoms with E-state index >= 15 is 0 Å². The summed E-state index contributed by atoms with van der Waals surface area (Å²) >= 11 is 5.87. The molecule has 0 aliphatic heterocycles. The molecule has 0 saturated heterocycles. The summed E-state index contributed by atoms with van der Waals surface area (Å²) in [5, 5.41) is 0.562. The lowest BCUT2D eigenvalue weighted by atomic mass is 10.2. The van der Waals surface area contributed by atoms with Crippen molar-refractivity contribution in [2.24, 2.45) is 5.73 Å². The monoisotopic (exact) mass is 283 g/mol. The Labute approximate surface area is 114 Å². The first-order valence-electron chi connectivity index (χ1n) is 5.63. The summed E-state index contributed by atoms with van der Waals surface area (Å²) in [5.74, 6) is -1.69. The van der Waals surface area contributed by atoms with E-state index in [0.717, 1.165) is 17.7 Å². The van der Waals surface area contributed by atoms with Crippen LogP contribution in [0.2, 0.25) is 5.02 Å². The zero-order valence-electron chi connectivity index (χ0n) is 10.2. The van der Waals surface area contributed by atoms with Gasteiger partial charge in [0.1, 0.15) is 5.75 Å². The van der Waals surface area contributed by atoms with Crippen molar-refractivity contribution in [2.75, 3.05) is 0 Å². The molecule has 0 aliphatic carbocycles. The molecule has 5 heteroatoms. The molecule has 0 aliphatic rings. The Balaban J connectivity index is 2.35.